The summed E-state index contributed by atoms with van der Waals surface area (Å²) in [6.45, 7) is 2.32. The van der Waals surface area contributed by atoms with Gasteiger partial charge in [0.05, 0.1) is 0 Å². The van der Waals surface area contributed by atoms with Gasteiger partial charge in [-0.25, -0.2) is 0 Å². The van der Waals surface area contributed by atoms with Crippen molar-refractivity contribution in [1.82, 2.24) is 9.96 Å². The molecule has 1 aromatic heterocycles. The topological polar surface area (TPSA) is 43.8 Å². The molecular weight excluding hydrogens is 284 g/mol. The van der Waals surface area contributed by atoms with Crippen LogP contribution in [0.1, 0.15) is 43.6 Å². The second-order valence-corrected chi connectivity index (χ2v) is 7.76. The number of hydroxylamine groups is 2. The standard InChI is InChI=1S/C16H22N2O2S/c19-15(14-1-4-16(5-6-16)11-18(14)20)17-7-2-12(9-17)13-3-8-21-10-13/h3,8,10,12,14,20H,1-2,4-7,9,11H2/t12-,14+/m1/s1. The average molecular weight is 306 g/mol. The SMILES string of the molecule is O=C([C@@H]1CCC2(CC2)CN1O)N1CC[C@@H](c2ccsc2)C1. The van der Waals surface area contributed by atoms with E-state index in [0.717, 1.165) is 32.4 Å². The van der Waals surface area contributed by atoms with Gasteiger partial charge in [-0.1, -0.05) is 0 Å². The first kappa shape index (κ1) is 13.7. The third kappa shape index (κ3) is 2.51. The molecule has 1 aromatic rings. The van der Waals surface area contributed by atoms with Crippen molar-refractivity contribution in [2.45, 2.75) is 44.1 Å². The molecule has 1 amide bonds. The predicted octanol–water partition coefficient (Wildman–Crippen LogP) is 2.70. The molecule has 1 spiro atoms. The number of piperidine rings is 1. The summed E-state index contributed by atoms with van der Waals surface area (Å²) in [5.74, 6) is 0.608. The van der Waals surface area contributed by atoms with Crippen molar-refractivity contribution in [3.8, 4) is 0 Å². The molecule has 1 saturated carbocycles. The van der Waals surface area contributed by atoms with Crippen LogP contribution in [0.15, 0.2) is 16.8 Å². The Balaban J connectivity index is 1.39. The molecule has 2 aliphatic heterocycles. The van der Waals surface area contributed by atoms with Crippen LogP contribution in [0, 0.1) is 5.41 Å². The normalized spacial score (nSPS) is 31.8. The van der Waals surface area contributed by atoms with E-state index in [2.05, 4.69) is 16.8 Å². The van der Waals surface area contributed by atoms with Crippen molar-refractivity contribution in [2.75, 3.05) is 19.6 Å². The van der Waals surface area contributed by atoms with Crippen LogP contribution in [-0.4, -0.2) is 46.8 Å². The molecular formula is C16H22N2O2S. The Hall–Kier alpha value is -0.910. The second-order valence-electron chi connectivity index (χ2n) is 6.98. The van der Waals surface area contributed by atoms with Gasteiger partial charge in [0, 0.05) is 25.6 Å². The summed E-state index contributed by atoms with van der Waals surface area (Å²) in [5, 5.41) is 15.8. The Morgan fingerprint density at radius 1 is 1.33 bits per heavy atom. The predicted molar refractivity (Wildman–Crippen MR) is 81.4 cm³/mol. The number of thiophene rings is 1. The lowest BCUT2D eigenvalue weighted by molar-refractivity contribution is -0.179. The number of hydrogen-bond donors (Lipinski definition) is 1. The van der Waals surface area contributed by atoms with Gasteiger partial charge in [-0.05, 0) is 59.9 Å². The molecule has 1 aliphatic carbocycles. The molecule has 1 N–H and O–H groups in total. The van der Waals surface area contributed by atoms with Crippen molar-refractivity contribution in [2.24, 2.45) is 5.41 Å². The van der Waals surface area contributed by atoms with Crippen LogP contribution in [0.4, 0.5) is 0 Å². The molecule has 2 atom stereocenters. The minimum absolute atomic E-state index is 0.130. The number of hydrogen-bond acceptors (Lipinski definition) is 4. The van der Waals surface area contributed by atoms with Crippen LogP contribution in [0.5, 0.6) is 0 Å². The third-order valence-corrected chi connectivity index (χ3v) is 6.26. The Morgan fingerprint density at radius 2 is 2.19 bits per heavy atom. The number of rotatable bonds is 2. The number of amides is 1. The molecule has 3 heterocycles. The first-order valence-electron chi connectivity index (χ1n) is 7.93. The van der Waals surface area contributed by atoms with Crippen LogP contribution >= 0.6 is 11.3 Å². The van der Waals surface area contributed by atoms with E-state index in [1.54, 1.807) is 11.3 Å². The maximum Gasteiger partial charge on any atom is 0.242 e. The van der Waals surface area contributed by atoms with E-state index in [-0.39, 0.29) is 11.9 Å². The Labute approximate surface area is 129 Å². The molecule has 4 rings (SSSR count). The lowest BCUT2D eigenvalue weighted by Gasteiger charge is -2.36. The van der Waals surface area contributed by atoms with E-state index in [9.17, 15) is 10.0 Å². The monoisotopic (exact) mass is 306 g/mol. The molecule has 0 unspecified atom stereocenters. The highest BCUT2D eigenvalue weighted by atomic mass is 32.1. The van der Waals surface area contributed by atoms with Crippen molar-refractivity contribution in [1.29, 1.82) is 0 Å². The van der Waals surface area contributed by atoms with Crippen LogP contribution in [0.2, 0.25) is 0 Å². The van der Waals surface area contributed by atoms with E-state index < -0.39 is 0 Å². The van der Waals surface area contributed by atoms with Crippen LogP contribution in [0.25, 0.3) is 0 Å². The Bertz CT molecular complexity index is 526. The minimum Gasteiger partial charge on any atom is -0.341 e. The fourth-order valence-electron chi connectivity index (χ4n) is 3.91. The highest BCUT2D eigenvalue weighted by molar-refractivity contribution is 7.07. The summed E-state index contributed by atoms with van der Waals surface area (Å²) in [7, 11) is 0. The van der Waals surface area contributed by atoms with Gasteiger partial charge in [0.2, 0.25) is 5.91 Å². The summed E-state index contributed by atoms with van der Waals surface area (Å²) >= 11 is 1.72. The molecule has 0 aromatic carbocycles. The van der Waals surface area contributed by atoms with E-state index in [1.807, 2.05) is 4.90 Å². The van der Waals surface area contributed by atoms with Crippen molar-refractivity contribution >= 4 is 17.2 Å². The first-order valence-corrected chi connectivity index (χ1v) is 8.88. The van der Waals surface area contributed by atoms with Crippen molar-refractivity contribution < 1.29 is 10.0 Å². The van der Waals surface area contributed by atoms with Crippen LogP contribution < -0.4 is 0 Å². The molecule has 5 heteroatoms. The quantitative estimate of drug-likeness (QED) is 0.913. The van der Waals surface area contributed by atoms with E-state index in [0.29, 0.717) is 17.9 Å². The smallest absolute Gasteiger partial charge is 0.242 e. The van der Waals surface area contributed by atoms with Gasteiger partial charge >= 0.3 is 0 Å². The summed E-state index contributed by atoms with van der Waals surface area (Å²) in [6.07, 6.45) is 5.39. The second kappa shape index (κ2) is 5.07. The van der Waals surface area contributed by atoms with Gasteiger partial charge in [-0.3, -0.25) is 4.79 Å². The fourth-order valence-corrected chi connectivity index (χ4v) is 4.65. The van der Waals surface area contributed by atoms with Crippen LogP contribution in [0.3, 0.4) is 0 Å². The highest BCUT2D eigenvalue weighted by Crippen LogP contribution is 2.52. The zero-order valence-electron chi connectivity index (χ0n) is 12.2. The average Bonchev–Trinajstić information content (AvgIpc) is 2.94. The highest BCUT2D eigenvalue weighted by Gasteiger charge is 2.50. The maximum atomic E-state index is 12.7. The molecule has 114 valence electrons. The minimum atomic E-state index is -0.308. The molecule has 2 saturated heterocycles. The first-order chi connectivity index (χ1) is 10.2. The van der Waals surface area contributed by atoms with Gasteiger partial charge in [-0.2, -0.15) is 16.4 Å². The van der Waals surface area contributed by atoms with Gasteiger partial charge in [0.15, 0.2) is 0 Å². The third-order valence-electron chi connectivity index (χ3n) is 5.56. The number of nitrogens with zero attached hydrogens (tertiary/aromatic N) is 2. The summed E-state index contributed by atoms with van der Waals surface area (Å²) < 4.78 is 0. The Kier molecular flexibility index (Phi) is 3.32. The van der Waals surface area contributed by atoms with Gasteiger partial charge in [0.25, 0.3) is 0 Å². The van der Waals surface area contributed by atoms with E-state index in [1.165, 1.54) is 23.5 Å². The van der Waals surface area contributed by atoms with E-state index in [4.69, 9.17) is 0 Å². The zero-order valence-corrected chi connectivity index (χ0v) is 13.0. The number of likely N-dealkylation sites (tertiary alicyclic amines) is 1. The summed E-state index contributed by atoms with van der Waals surface area (Å²) in [4.78, 5) is 14.6. The van der Waals surface area contributed by atoms with Crippen molar-refractivity contribution in [3.63, 3.8) is 0 Å². The molecule has 0 radical (unpaired) electrons. The molecule has 3 aliphatic rings. The van der Waals surface area contributed by atoms with Crippen molar-refractivity contribution in [3.05, 3.63) is 22.4 Å². The zero-order chi connectivity index (χ0) is 14.4. The maximum absolute atomic E-state index is 12.7. The molecule has 21 heavy (non-hydrogen) atoms. The largest absolute Gasteiger partial charge is 0.341 e. The number of carbonyl (C=O) groups is 1. The molecule has 4 nitrogen and oxygen atoms in total. The van der Waals surface area contributed by atoms with Crippen LogP contribution in [-0.2, 0) is 4.79 Å². The molecule has 0 bridgehead atoms. The Morgan fingerprint density at radius 3 is 2.86 bits per heavy atom. The van der Waals surface area contributed by atoms with E-state index >= 15 is 0 Å². The van der Waals surface area contributed by atoms with Gasteiger partial charge in [-0.15, -0.1) is 0 Å². The molecule has 3 fully saturated rings. The summed E-state index contributed by atoms with van der Waals surface area (Å²) in [6, 6.07) is 1.86. The fraction of sp³-hybridized carbons (Fsp3) is 0.688. The number of carbonyl (C=O) groups excluding carboxylic acids is 1. The van der Waals surface area contributed by atoms with Gasteiger partial charge in [0.1, 0.15) is 6.04 Å². The lowest BCUT2D eigenvalue weighted by atomic mass is 9.91. The van der Waals surface area contributed by atoms with Gasteiger partial charge < -0.3 is 10.1 Å². The lowest BCUT2D eigenvalue weighted by Crippen LogP contribution is -2.51. The summed E-state index contributed by atoms with van der Waals surface area (Å²) in [5.41, 5.74) is 1.70.